The van der Waals surface area contributed by atoms with Crippen LogP contribution in [0.4, 0.5) is 5.82 Å². The quantitative estimate of drug-likeness (QED) is 0.854. The molecule has 18 heavy (non-hydrogen) atoms. The van der Waals surface area contributed by atoms with Crippen LogP contribution in [0.1, 0.15) is 29.4 Å². The van der Waals surface area contributed by atoms with Crippen LogP contribution in [0.25, 0.3) is 0 Å². The first kappa shape index (κ1) is 12.8. The lowest BCUT2D eigenvalue weighted by Crippen LogP contribution is -2.26. The van der Waals surface area contributed by atoms with Crippen molar-refractivity contribution in [2.24, 2.45) is 5.92 Å². The van der Waals surface area contributed by atoms with Gasteiger partial charge in [0, 0.05) is 18.6 Å². The lowest BCUT2D eigenvalue weighted by molar-refractivity contribution is 0.0695. The molecule has 0 aromatic carbocycles. The maximum atomic E-state index is 10.9. The Kier molecular flexibility index (Phi) is 3.81. The first-order valence-electron chi connectivity index (χ1n) is 6.13. The van der Waals surface area contributed by atoms with Crippen molar-refractivity contribution >= 4 is 11.8 Å². The van der Waals surface area contributed by atoms with Crippen molar-refractivity contribution in [1.29, 1.82) is 0 Å². The summed E-state index contributed by atoms with van der Waals surface area (Å²) in [4.78, 5) is 15.2. The maximum Gasteiger partial charge on any atom is 0.337 e. The molecule has 1 aromatic heterocycles. The Morgan fingerprint density at radius 2 is 2.39 bits per heavy atom. The molecule has 0 spiro atoms. The van der Waals surface area contributed by atoms with Crippen molar-refractivity contribution in [1.82, 2.24) is 4.98 Å². The Morgan fingerprint density at radius 3 is 2.94 bits per heavy atom. The van der Waals surface area contributed by atoms with Gasteiger partial charge in [-0.05, 0) is 32.4 Å². The summed E-state index contributed by atoms with van der Waals surface area (Å²) in [6.07, 6.45) is 1.06. The molecule has 0 radical (unpaired) electrons. The second kappa shape index (κ2) is 5.35. The summed E-state index contributed by atoms with van der Waals surface area (Å²) in [5.41, 5.74) is 0.778. The summed E-state index contributed by atoms with van der Waals surface area (Å²) in [7, 11) is 0. The SMILES string of the molecule is Cc1nc(NC(C)C2CCOC2)ccc1C(=O)O. The molecular formula is C13H18N2O3. The van der Waals surface area contributed by atoms with Crippen molar-refractivity contribution in [3.63, 3.8) is 0 Å². The van der Waals surface area contributed by atoms with E-state index in [2.05, 4.69) is 17.2 Å². The number of aromatic carboxylic acids is 1. The molecule has 0 bridgehead atoms. The van der Waals surface area contributed by atoms with Gasteiger partial charge >= 0.3 is 5.97 Å². The molecule has 0 amide bonds. The summed E-state index contributed by atoms with van der Waals surface area (Å²) < 4.78 is 5.35. The highest BCUT2D eigenvalue weighted by Gasteiger charge is 2.22. The number of carbonyl (C=O) groups is 1. The van der Waals surface area contributed by atoms with Gasteiger partial charge in [0.05, 0.1) is 17.9 Å². The minimum Gasteiger partial charge on any atom is -0.478 e. The van der Waals surface area contributed by atoms with Gasteiger partial charge in [-0.15, -0.1) is 0 Å². The average molecular weight is 250 g/mol. The third kappa shape index (κ3) is 2.79. The molecule has 2 rings (SSSR count). The maximum absolute atomic E-state index is 10.9. The van der Waals surface area contributed by atoms with E-state index in [0.717, 1.165) is 25.5 Å². The zero-order valence-electron chi connectivity index (χ0n) is 10.6. The van der Waals surface area contributed by atoms with Crippen molar-refractivity contribution in [2.75, 3.05) is 18.5 Å². The molecule has 0 saturated carbocycles. The standard InChI is InChI=1S/C13H18N2O3/c1-8(10-5-6-18-7-10)14-12-4-3-11(13(16)17)9(2)15-12/h3-4,8,10H,5-7H2,1-2H3,(H,14,15)(H,16,17). The molecule has 1 aliphatic heterocycles. The molecule has 1 aromatic rings. The monoisotopic (exact) mass is 250 g/mol. The first-order valence-corrected chi connectivity index (χ1v) is 6.13. The Labute approximate surface area is 106 Å². The van der Waals surface area contributed by atoms with Gasteiger partial charge in [-0.2, -0.15) is 0 Å². The van der Waals surface area contributed by atoms with Gasteiger partial charge in [-0.3, -0.25) is 0 Å². The minimum atomic E-state index is -0.941. The van der Waals surface area contributed by atoms with Crippen molar-refractivity contribution in [2.45, 2.75) is 26.3 Å². The lowest BCUT2D eigenvalue weighted by Gasteiger charge is -2.20. The summed E-state index contributed by atoms with van der Waals surface area (Å²) in [6.45, 7) is 5.40. The number of anilines is 1. The highest BCUT2D eigenvalue weighted by Crippen LogP contribution is 2.20. The second-order valence-corrected chi connectivity index (χ2v) is 4.69. The molecule has 2 heterocycles. The number of ether oxygens (including phenoxy) is 1. The average Bonchev–Trinajstić information content (AvgIpc) is 2.81. The number of hydrogen-bond donors (Lipinski definition) is 2. The van der Waals surface area contributed by atoms with Crippen molar-refractivity contribution < 1.29 is 14.6 Å². The zero-order chi connectivity index (χ0) is 13.1. The van der Waals surface area contributed by atoms with E-state index in [0.29, 0.717) is 11.6 Å². The second-order valence-electron chi connectivity index (χ2n) is 4.69. The van der Waals surface area contributed by atoms with Gasteiger partial charge < -0.3 is 15.2 Å². The van der Waals surface area contributed by atoms with E-state index in [1.807, 2.05) is 0 Å². The summed E-state index contributed by atoms with van der Waals surface area (Å²) in [6, 6.07) is 3.57. The zero-order valence-corrected chi connectivity index (χ0v) is 10.6. The molecule has 5 nitrogen and oxygen atoms in total. The first-order chi connectivity index (χ1) is 8.58. The van der Waals surface area contributed by atoms with Crippen LogP contribution in [0.5, 0.6) is 0 Å². The summed E-state index contributed by atoms with van der Waals surface area (Å²) in [5, 5.41) is 12.2. The molecule has 2 atom stereocenters. The molecular weight excluding hydrogens is 232 g/mol. The number of aromatic nitrogens is 1. The molecule has 98 valence electrons. The molecule has 1 aliphatic rings. The normalized spacial score (nSPS) is 20.7. The predicted molar refractivity (Wildman–Crippen MR) is 67.9 cm³/mol. The number of nitrogens with one attached hydrogen (secondary N) is 1. The van der Waals surface area contributed by atoms with E-state index in [1.165, 1.54) is 0 Å². The molecule has 1 saturated heterocycles. The Balaban J connectivity index is 2.05. The fraction of sp³-hybridized carbons (Fsp3) is 0.538. The minimum absolute atomic E-state index is 0.248. The van der Waals surface area contributed by atoms with Gasteiger partial charge in [-0.25, -0.2) is 9.78 Å². The number of rotatable bonds is 4. The topological polar surface area (TPSA) is 71.5 Å². The number of carboxylic acids is 1. The Morgan fingerprint density at radius 1 is 1.61 bits per heavy atom. The molecule has 5 heteroatoms. The number of nitrogens with zero attached hydrogens (tertiary/aromatic N) is 1. The third-order valence-electron chi connectivity index (χ3n) is 3.36. The van der Waals surface area contributed by atoms with Crippen molar-refractivity contribution in [3.8, 4) is 0 Å². The van der Waals surface area contributed by atoms with Crippen LogP contribution in [0.3, 0.4) is 0 Å². The fourth-order valence-electron chi connectivity index (χ4n) is 2.17. The molecule has 0 aliphatic carbocycles. The Hall–Kier alpha value is -1.62. The fourth-order valence-corrected chi connectivity index (χ4v) is 2.17. The smallest absolute Gasteiger partial charge is 0.337 e. The summed E-state index contributed by atoms with van der Waals surface area (Å²) >= 11 is 0. The number of carboxylic acid groups (broad SMARTS) is 1. The Bertz CT molecular complexity index is 442. The van der Waals surface area contributed by atoms with Crippen LogP contribution in [-0.2, 0) is 4.74 Å². The van der Waals surface area contributed by atoms with Crippen molar-refractivity contribution in [3.05, 3.63) is 23.4 Å². The van der Waals surface area contributed by atoms with E-state index >= 15 is 0 Å². The van der Waals surface area contributed by atoms with E-state index in [4.69, 9.17) is 9.84 Å². The third-order valence-corrected chi connectivity index (χ3v) is 3.36. The largest absolute Gasteiger partial charge is 0.478 e. The molecule has 1 fully saturated rings. The highest BCUT2D eigenvalue weighted by molar-refractivity contribution is 5.89. The number of pyridine rings is 1. The van der Waals surface area contributed by atoms with Gasteiger partial charge in [0.1, 0.15) is 5.82 Å². The van der Waals surface area contributed by atoms with Gasteiger partial charge in [0.25, 0.3) is 0 Å². The number of hydrogen-bond acceptors (Lipinski definition) is 4. The van der Waals surface area contributed by atoms with Crippen LogP contribution in [0.2, 0.25) is 0 Å². The number of aryl methyl sites for hydroxylation is 1. The highest BCUT2D eigenvalue weighted by atomic mass is 16.5. The van der Waals surface area contributed by atoms with E-state index in [-0.39, 0.29) is 11.6 Å². The van der Waals surface area contributed by atoms with E-state index in [1.54, 1.807) is 19.1 Å². The van der Waals surface area contributed by atoms with Crippen LogP contribution in [0, 0.1) is 12.8 Å². The predicted octanol–water partition coefficient (Wildman–Crippen LogP) is 1.93. The van der Waals surface area contributed by atoms with Crippen LogP contribution >= 0.6 is 0 Å². The summed E-state index contributed by atoms with van der Waals surface area (Å²) in [5.74, 6) is 0.270. The van der Waals surface area contributed by atoms with E-state index in [9.17, 15) is 4.79 Å². The molecule has 2 unspecified atom stereocenters. The van der Waals surface area contributed by atoms with Gasteiger partial charge in [0.15, 0.2) is 0 Å². The van der Waals surface area contributed by atoms with Gasteiger partial charge in [0.2, 0.25) is 0 Å². The lowest BCUT2D eigenvalue weighted by atomic mass is 10.0. The molecule has 2 N–H and O–H groups in total. The van der Waals surface area contributed by atoms with Crippen LogP contribution in [0.15, 0.2) is 12.1 Å². The van der Waals surface area contributed by atoms with E-state index < -0.39 is 5.97 Å². The van der Waals surface area contributed by atoms with Crippen LogP contribution in [-0.4, -0.2) is 35.3 Å². The van der Waals surface area contributed by atoms with Crippen LogP contribution < -0.4 is 5.32 Å². The van der Waals surface area contributed by atoms with Gasteiger partial charge in [-0.1, -0.05) is 0 Å².